The molecule has 0 saturated carbocycles. The van der Waals surface area contributed by atoms with Crippen molar-refractivity contribution in [3.8, 4) is 0 Å². The molecule has 2 rings (SSSR count). The second-order valence-corrected chi connectivity index (χ2v) is 6.69. The average Bonchev–Trinajstić information content (AvgIpc) is 2.47. The van der Waals surface area contributed by atoms with E-state index in [1.54, 1.807) is 0 Å². The van der Waals surface area contributed by atoms with Crippen LogP contribution < -0.4 is 5.46 Å². The zero-order valence-electron chi connectivity index (χ0n) is 13.1. The largest absolute Gasteiger partial charge is 0.496 e. The Morgan fingerprint density at radius 3 is 2.05 bits per heavy atom. The first kappa shape index (κ1) is 14.5. The summed E-state index contributed by atoms with van der Waals surface area (Å²) in [5.41, 5.74) is 2.91. The average molecular weight is 261 g/mol. The van der Waals surface area contributed by atoms with Crippen molar-refractivity contribution in [3.63, 3.8) is 0 Å². The minimum atomic E-state index is -0.323. The summed E-state index contributed by atoms with van der Waals surface area (Å²) in [4.78, 5) is 4.35. The van der Waals surface area contributed by atoms with Gasteiger partial charge in [0.05, 0.1) is 11.2 Å². The quantitative estimate of drug-likeness (QED) is 0.767. The first-order chi connectivity index (χ1) is 8.66. The fourth-order valence-corrected chi connectivity index (χ4v) is 2.35. The number of pyridine rings is 1. The van der Waals surface area contributed by atoms with E-state index < -0.39 is 0 Å². The highest BCUT2D eigenvalue weighted by Gasteiger charge is 2.52. The Morgan fingerprint density at radius 1 is 1.05 bits per heavy atom. The van der Waals surface area contributed by atoms with Crippen LogP contribution in [0.4, 0.5) is 0 Å². The highest BCUT2D eigenvalue weighted by atomic mass is 16.7. The van der Waals surface area contributed by atoms with Crippen molar-refractivity contribution in [2.75, 3.05) is 0 Å². The summed E-state index contributed by atoms with van der Waals surface area (Å²) >= 11 is 0. The molecule has 0 bridgehead atoms. The Morgan fingerprint density at radius 2 is 1.58 bits per heavy atom. The van der Waals surface area contributed by atoms with Gasteiger partial charge in [0.15, 0.2) is 0 Å². The van der Waals surface area contributed by atoms with Crippen molar-refractivity contribution < 1.29 is 9.31 Å². The smallest absolute Gasteiger partial charge is 0.399 e. The lowest BCUT2D eigenvalue weighted by atomic mass is 9.75. The van der Waals surface area contributed by atoms with Crippen molar-refractivity contribution in [3.05, 3.63) is 23.5 Å². The standard InChI is InChI=1S/C15H24BNO2/c1-10(2)12-8-17-9-13(11(12)3)16-18-14(4,5)15(6,7)19-16/h8-10H,1-7H3. The van der Waals surface area contributed by atoms with Gasteiger partial charge in [0.25, 0.3) is 0 Å². The van der Waals surface area contributed by atoms with Crippen molar-refractivity contribution >= 4 is 12.6 Å². The Hall–Kier alpha value is -0.865. The molecule has 0 amide bonds. The predicted octanol–water partition coefficient (Wildman–Crippen LogP) is 2.81. The van der Waals surface area contributed by atoms with Crippen LogP contribution in [0.3, 0.4) is 0 Å². The van der Waals surface area contributed by atoms with E-state index in [-0.39, 0.29) is 18.3 Å². The molecule has 0 N–H and O–H groups in total. The van der Waals surface area contributed by atoms with Crippen LogP contribution in [-0.2, 0) is 9.31 Å². The highest BCUT2D eigenvalue weighted by Crippen LogP contribution is 2.36. The van der Waals surface area contributed by atoms with Gasteiger partial charge >= 0.3 is 7.12 Å². The zero-order chi connectivity index (χ0) is 14.4. The van der Waals surface area contributed by atoms with Crippen LogP contribution in [-0.4, -0.2) is 23.3 Å². The molecule has 1 aromatic rings. The van der Waals surface area contributed by atoms with E-state index in [1.807, 2.05) is 12.4 Å². The molecule has 1 aliphatic rings. The minimum absolute atomic E-state index is 0.308. The third-order valence-electron chi connectivity index (χ3n) is 4.42. The van der Waals surface area contributed by atoms with Gasteiger partial charge in [0.2, 0.25) is 0 Å². The molecule has 0 unspecified atom stereocenters. The van der Waals surface area contributed by atoms with Crippen molar-refractivity contribution in [1.29, 1.82) is 0 Å². The first-order valence-corrected chi connectivity index (χ1v) is 6.96. The lowest BCUT2D eigenvalue weighted by molar-refractivity contribution is 0.00578. The summed E-state index contributed by atoms with van der Waals surface area (Å²) in [5.74, 6) is 0.454. The van der Waals surface area contributed by atoms with Crippen LogP contribution in [0, 0.1) is 6.92 Å². The van der Waals surface area contributed by atoms with Crippen molar-refractivity contribution in [1.82, 2.24) is 4.98 Å². The molecule has 1 aliphatic heterocycles. The Bertz CT molecular complexity index is 467. The third kappa shape index (κ3) is 2.44. The van der Waals surface area contributed by atoms with Crippen LogP contribution >= 0.6 is 0 Å². The first-order valence-electron chi connectivity index (χ1n) is 6.96. The number of nitrogens with zero attached hydrogens (tertiary/aromatic N) is 1. The monoisotopic (exact) mass is 261 g/mol. The molecule has 4 heteroatoms. The van der Waals surface area contributed by atoms with Crippen LogP contribution in [0.2, 0.25) is 0 Å². The normalized spacial score (nSPS) is 21.2. The van der Waals surface area contributed by atoms with E-state index in [0.717, 1.165) is 5.46 Å². The molecule has 0 radical (unpaired) electrons. The molecular weight excluding hydrogens is 237 g/mol. The number of rotatable bonds is 2. The van der Waals surface area contributed by atoms with Gasteiger partial charge in [0, 0.05) is 17.9 Å². The summed E-state index contributed by atoms with van der Waals surface area (Å²) < 4.78 is 12.2. The van der Waals surface area contributed by atoms with Crippen LogP contribution in [0.15, 0.2) is 12.4 Å². The lowest BCUT2D eigenvalue weighted by Gasteiger charge is -2.32. The van der Waals surface area contributed by atoms with Gasteiger partial charge in [-0.2, -0.15) is 0 Å². The molecule has 1 saturated heterocycles. The maximum atomic E-state index is 6.10. The maximum absolute atomic E-state index is 6.10. The lowest BCUT2D eigenvalue weighted by Crippen LogP contribution is -2.41. The molecule has 2 heterocycles. The van der Waals surface area contributed by atoms with Gasteiger partial charge < -0.3 is 9.31 Å². The van der Waals surface area contributed by atoms with Gasteiger partial charge in [-0.3, -0.25) is 4.98 Å². The van der Waals surface area contributed by atoms with E-state index in [0.29, 0.717) is 5.92 Å². The topological polar surface area (TPSA) is 31.4 Å². The summed E-state index contributed by atoms with van der Waals surface area (Å²) in [6, 6.07) is 0. The number of hydrogen-bond acceptors (Lipinski definition) is 3. The van der Waals surface area contributed by atoms with Crippen molar-refractivity contribution in [2.45, 2.75) is 65.6 Å². The molecule has 104 valence electrons. The third-order valence-corrected chi connectivity index (χ3v) is 4.42. The van der Waals surface area contributed by atoms with Crippen LogP contribution in [0.25, 0.3) is 0 Å². The van der Waals surface area contributed by atoms with E-state index in [2.05, 4.69) is 53.5 Å². The molecule has 0 atom stereocenters. The predicted molar refractivity (Wildman–Crippen MR) is 78.8 cm³/mol. The second kappa shape index (κ2) is 4.60. The zero-order valence-corrected chi connectivity index (χ0v) is 13.1. The molecule has 1 aromatic heterocycles. The van der Waals surface area contributed by atoms with Crippen LogP contribution in [0.5, 0.6) is 0 Å². The Kier molecular flexibility index (Phi) is 3.52. The summed E-state index contributed by atoms with van der Waals surface area (Å²) in [7, 11) is -0.323. The van der Waals surface area contributed by atoms with E-state index in [9.17, 15) is 0 Å². The van der Waals surface area contributed by atoms with Crippen molar-refractivity contribution in [2.24, 2.45) is 0 Å². The van der Waals surface area contributed by atoms with Gasteiger partial charge in [-0.1, -0.05) is 13.8 Å². The number of aromatic nitrogens is 1. The molecule has 3 nitrogen and oxygen atoms in total. The minimum Gasteiger partial charge on any atom is -0.399 e. The fourth-order valence-electron chi connectivity index (χ4n) is 2.35. The van der Waals surface area contributed by atoms with Gasteiger partial charge in [0.1, 0.15) is 0 Å². The second-order valence-electron chi connectivity index (χ2n) is 6.69. The van der Waals surface area contributed by atoms with E-state index in [1.165, 1.54) is 11.1 Å². The molecule has 0 aromatic carbocycles. The van der Waals surface area contributed by atoms with Gasteiger partial charge in [-0.15, -0.1) is 0 Å². The summed E-state index contributed by atoms with van der Waals surface area (Å²) in [6.45, 7) is 14.8. The number of hydrogen-bond donors (Lipinski definition) is 0. The Balaban J connectivity index is 2.38. The summed E-state index contributed by atoms with van der Waals surface area (Å²) in [5, 5.41) is 0. The molecular formula is C15H24BNO2. The van der Waals surface area contributed by atoms with Gasteiger partial charge in [-0.25, -0.2) is 0 Å². The Labute approximate surface area is 116 Å². The molecule has 1 fully saturated rings. The van der Waals surface area contributed by atoms with Gasteiger partial charge in [-0.05, 0) is 51.7 Å². The van der Waals surface area contributed by atoms with E-state index in [4.69, 9.17) is 9.31 Å². The van der Waals surface area contributed by atoms with E-state index >= 15 is 0 Å². The molecule has 19 heavy (non-hydrogen) atoms. The SMILES string of the molecule is Cc1c(B2OC(C)(C)C(C)(C)O2)cncc1C(C)C. The molecule has 0 aliphatic carbocycles. The fraction of sp³-hybridized carbons (Fsp3) is 0.667. The molecule has 0 spiro atoms. The highest BCUT2D eigenvalue weighted by molar-refractivity contribution is 6.62. The maximum Gasteiger partial charge on any atom is 0.496 e. The summed E-state index contributed by atoms with van der Waals surface area (Å²) in [6.07, 6.45) is 3.80. The van der Waals surface area contributed by atoms with Crippen LogP contribution in [0.1, 0.15) is 58.6 Å².